The lowest BCUT2D eigenvalue weighted by atomic mass is 10.2. The molecule has 0 saturated carbocycles. The van der Waals surface area contributed by atoms with Gasteiger partial charge in [-0.1, -0.05) is 6.07 Å². The lowest BCUT2D eigenvalue weighted by Gasteiger charge is -2.10. The third-order valence-electron chi connectivity index (χ3n) is 2.04. The Hall–Kier alpha value is -2.08. The van der Waals surface area contributed by atoms with Crippen LogP contribution in [0.5, 0.6) is 0 Å². The number of carbonyl (C=O) groups excluding carboxylic acids is 2. The van der Waals surface area contributed by atoms with Crippen LogP contribution in [0.25, 0.3) is 0 Å². The van der Waals surface area contributed by atoms with Gasteiger partial charge in [-0.25, -0.2) is 0 Å². The molecule has 0 saturated heterocycles. The summed E-state index contributed by atoms with van der Waals surface area (Å²) < 4.78 is 0. The SMILES string of the molecule is NC(=O)c1cccc(NCC(N)C(N)=O)c1. The molecule has 0 bridgehead atoms. The Balaban J connectivity index is 2.64. The summed E-state index contributed by atoms with van der Waals surface area (Å²) in [6.07, 6.45) is 0. The van der Waals surface area contributed by atoms with Crippen molar-refractivity contribution >= 4 is 17.5 Å². The van der Waals surface area contributed by atoms with E-state index in [2.05, 4.69) is 5.32 Å². The minimum atomic E-state index is -0.766. The fraction of sp³-hybridized carbons (Fsp3) is 0.200. The first-order valence-corrected chi connectivity index (χ1v) is 4.69. The summed E-state index contributed by atoms with van der Waals surface area (Å²) in [5, 5.41) is 2.89. The predicted octanol–water partition coefficient (Wildman–Crippen LogP) is -0.990. The Kier molecular flexibility index (Phi) is 3.84. The topological polar surface area (TPSA) is 124 Å². The van der Waals surface area contributed by atoms with Gasteiger partial charge in [0.15, 0.2) is 0 Å². The number of primary amides is 2. The van der Waals surface area contributed by atoms with Crippen LogP contribution in [0.3, 0.4) is 0 Å². The molecule has 1 rings (SSSR count). The number of hydrogen-bond donors (Lipinski definition) is 4. The van der Waals surface area contributed by atoms with Crippen LogP contribution in [0.1, 0.15) is 10.4 Å². The zero-order chi connectivity index (χ0) is 12.1. The highest BCUT2D eigenvalue weighted by atomic mass is 16.1. The van der Waals surface area contributed by atoms with Gasteiger partial charge >= 0.3 is 0 Å². The second kappa shape index (κ2) is 5.13. The molecule has 2 amide bonds. The number of amides is 2. The first-order chi connectivity index (χ1) is 7.50. The zero-order valence-corrected chi connectivity index (χ0v) is 8.64. The lowest BCUT2D eigenvalue weighted by Crippen LogP contribution is -2.41. The number of anilines is 1. The van der Waals surface area contributed by atoms with Crippen molar-refractivity contribution in [3.63, 3.8) is 0 Å². The van der Waals surface area contributed by atoms with E-state index in [1.165, 1.54) is 0 Å². The minimum Gasteiger partial charge on any atom is -0.383 e. The van der Waals surface area contributed by atoms with Crippen LogP contribution in [0.2, 0.25) is 0 Å². The van der Waals surface area contributed by atoms with Gasteiger partial charge in [0.2, 0.25) is 11.8 Å². The second-order valence-electron chi connectivity index (χ2n) is 3.33. The van der Waals surface area contributed by atoms with E-state index in [0.29, 0.717) is 11.3 Å². The first-order valence-electron chi connectivity index (χ1n) is 4.69. The van der Waals surface area contributed by atoms with Crippen LogP contribution in [-0.4, -0.2) is 24.4 Å². The van der Waals surface area contributed by atoms with E-state index < -0.39 is 17.9 Å². The van der Waals surface area contributed by atoms with Gasteiger partial charge in [0, 0.05) is 17.8 Å². The largest absolute Gasteiger partial charge is 0.383 e. The molecule has 0 aliphatic rings. The summed E-state index contributed by atoms with van der Waals surface area (Å²) in [7, 11) is 0. The van der Waals surface area contributed by atoms with Crippen molar-refractivity contribution < 1.29 is 9.59 Å². The summed E-state index contributed by atoms with van der Waals surface area (Å²) in [5.74, 6) is -1.10. The molecular formula is C10H14N4O2. The van der Waals surface area contributed by atoms with Crippen LogP contribution >= 0.6 is 0 Å². The molecule has 6 nitrogen and oxygen atoms in total. The Morgan fingerprint density at radius 1 is 1.31 bits per heavy atom. The summed E-state index contributed by atoms with van der Waals surface area (Å²) in [6, 6.07) is 5.83. The molecule has 0 heterocycles. The molecular weight excluding hydrogens is 208 g/mol. The Morgan fingerprint density at radius 2 is 2.00 bits per heavy atom. The number of rotatable bonds is 5. The highest BCUT2D eigenvalue weighted by Crippen LogP contribution is 2.09. The molecule has 1 unspecified atom stereocenters. The van der Waals surface area contributed by atoms with Gasteiger partial charge in [-0.3, -0.25) is 9.59 Å². The molecule has 1 aromatic rings. The molecule has 0 radical (unpaired) electrons. The van der Waals surface area contributed by atoms with Gasteiger partial charge in [-0.05, 0) is 18.2 Å². The number of nitrogens with one attached hydrogen (secondary N) is 1. The Bertz CT molecular complexity index is 406. The number of carbonyl (C=O) groups is 2. The van der Waals surface area contributed by atoms with Crippen molar-refractivity contribution in [2.24, 2.45) is 17.2 Å². The van der Waals surface area contributed by atoms with E-state index >= 15 is 0 Å². The van der Waals surface area contributed by atoms with Crippen molar-refractivity contribution in [3.8, 4) is 0 Å². The van der Waals surface area contributed by atoms with Gasteiger partial charge < -0.3 is 22.5 Å². The molecule has 16 heavy (non-hydrogen) atoms. The second-order valence-corrected chi connectivity index (χ2v) is 3.33. The Morgan fingerprint density at radius 3 is 2.56 bits per heavy atom. The molecule has 6 heteroatoms. The fourth-order valence-corrected chi connectivity index (χ4v) is 1.11. The summed E-state index contributed by atoms with van der Waals surface area (Å²) in [6.45, 7) is 0.206. The highest BCUT2D eigenvalue weighted by Gasteiger charge is 2.08. The molecule has 0 aromatic heterocycles. The van der Waals surface area contributed by atoms with E-state index in [0.717, 1.165) is 0 Å². The summed E-state index contributed by atoms with van der Waals surface area (Å²) >= 11 is 0. The average molecular weight is 222 g/mol. The lowest BCUT2D eigenvalue weighted by molar-refractivity contribution is -0.118. The molecule has 1 atom stereocenters. The van der Waals surface area contributed by atoms with Gasteiger partial charge in [0.05, 0.1) is 0 Å². The third kappa shape index (κ3) is 3.25. The first kappa shape index (κ1) is 12.0. The van der Waals surface area contributed by atoms with Crippen LogP contribution in [-0.2, 0) is 4.79 Å². The maximum absolute atomic E-state index is 10.9. The summed E-state index contributed by atoms with van der Waals surface area (Å²) in [5.41, 5.74) is 16.6. The van der Waals surface area contributed by atoms with E-state index in [4.69, 9.17) is 17.2 Å². The monoisotopic (exact) mass is 222 g/mol. The van der Waals surface area contributed by atoms with Crippen LogP contribution in [0.15, 0.2) is 24.3 Å². The van der Waals surface area contributed by atoms with Crippen molar-refractivity contribution in [2.45, 2.75) is 6.04 Å². The van der Waals surface area contributed by atoms with Crippen LogP contribution < -0.4 is 22.5 Å². The van der Waals surface area contributed by atoms with E-state index in [1.807, 2.05) is 0 Å². The number of nitrogens with two attached hydrogens (primary N) is 3. The van der Waals surface area contributed by atoms with Gasteiger partial charge in [-0.2, -0.15) is 0 Å². The van der Waals surface area contributed by atoms with Gasteiger partial charge in [0.25, 0.3) is 0 Å². The molecule has 0 fully saturated rings. The fourth-order valence-electron chi connectivity index (χ4n) is 1.11. The van der Waals surface area contributed by atoms with E-state index in [-0.39, 0.29) is 6.54 Å². The molecule has 0 aliphatic carbocycles. The Labute approximate surface area is 92.8 Å². The number of benzene rings is 1. The molecule has 0 spiro atoms. The average Bonchev–Trinajstić information content (AvgIpc) is 2.26. The van der Waals surface area contributed by atoms with E-state index in [1.54, 1.807) is 24.3 Å². The predicted molar refractivity (Wildman–Crippen MR) is 60.6 cm³/mol. The highest BCUT2D eigenvalue weighted by molar-refractivity contribution is 5.93. The van der Waals surface area contributed by atoms with Crippen molar-refractivity contribution in [1.29, 1.82) is 0 Å². The van der Waals surface area contributed by atoms with Gasteiger partial charge in [0.1, 0.15) is 6.04 Å². The molecule has 7 N–H and O–H groups in total. The molecule has 0 aliphatic heterocycles. The summed E-state index contributed by atoms with van der Waals surface area (Å²) in [4.78, 5) is 21.6. The molecule has 1 aromatic carbocycles. The zero-order valence-electron chi connectivity index (χ0n) is 8.64. The van der Waals surface area contributed by atoms with Crippen LogP contribution in [0, 0.1) is 0 Å². The maximum atomic E-state index is 10.9. The van der Waals surface area contributed by atoms with Crippen molar-refractivity contribution in [1.82, 2.24) is 0 Å². The van der Waals surface area contributed by atoms with E-state index in [9.17, 15) is 9.59 Å². The van der Waals surface area contributed by atoms with Crippen molar-refractivity contribution in [3.05, 3.63) is 29.8 Å². The van der Waals surface area contributed by atoms with Crippen molar-refractivity contribution in [2.75, 3.05) is 11.9 Å². The maximum Gasteiger partial charge on any atom is 0.248 e. The van der Waals surface area contributed by atoms with Crippen LogP contribution in [0.4, 0.5) is 5.69 Å². The minimum absolute atomic E-state index is 0.206. The quantitative estimate of drug-likeness (QED) is 0.510. The third-order valence-corrected chi connectivity index (χ3v) is 2.04. The van der Waals surface area contributed by atoms with Gasteiger partial charge in [-0.15, -0.1) is 0 Å². The standard InChI is InChI=1S/C10H14N4O2/c11-8(10(13)16)5-14-7-3-1-2-6(4-7)9(12)15/h1-4,8,14H,5,11H2,(H2,12,15)(H2,13,16). The smallest absolute Gasteiger partial charge is 0.248 e. The molecule has 86 valence electrons. The normalized spacial score (nSPS) is 11.8. The number of hydrogen-bond acceptors (Lipinski definition) is 4.